The summed E-state index contributed by atoms with van der Waals surface area (Å²) in [6, 6.07) is 0.00387. The standard InChI is InChI=1S/C15H28N2O2/c1-11-4-3-5-13(8-11)9-16-15(19)17-7-6-12(2)14(18)10-17/h11-14,18H,3-10H2,1-2H3,(H,16,19). The number of hydrogen-bond acceptors (Lipinski definition) is 2. The zero-order valence-electron chi connectivity index (χ0n) is 12.3. The van der Waals surface area contributed by atoms with Crippen LogP contribution < -0.4 is 5.32 Å². The van der Waals surface area contributed by atoms with Crippen LogP contribution in [0.4, 0.5) is 4.79 Å². The highest BCUT2D eigenvalue weighted by Gasteiger charge is 2.27. The van der Waals surface area contributed by atoms with Gasteiger partial charge >= 0.3 is 6.03 Å². The third kappa shape index (κ3) is 4.10. The molecule has 0 aromatic rings. The number of likely N-dealkylation sites (tertiary alicyclic amines) is 1. The Bertz CT molecular complexity index is 309. The molecule has 4 heteroatoms. The van der Waals surface area contributed by atoms with E-state index < -0.39 is 0 Å². The van der Waals surface area contributed by atoms with Gasteiger partial charge in [-0.25, -0.2) is 4.79 Å². The topological polar surface area (TPSA) is 52.6 Å². The Morgan fingerprint density at radius 1 is 1.32 bits per heavy atom. The Morgan fingerprint density at radius 2 is 2.11 bits per heavy atom. The van der Waals surface area contributed by atoms with Gasteiger partial charge in [-0.1, -0.05) is 26.7 Å². The number of rotatable bonds is 2. The zero-order chi connectivity index (χ0) is 13.8. The smallest absolute Gasteiger partial charge is 0.317 e. The maximum Gasteiger partial charge on any atom is 0.317 e. The van der Waals surface area contributed by atoms with Crippen molar-refractivity contribution in [2.24, 2.45) is 17.8 Å². The van der Waals surface area contributed by atoms with Crippen molar-refractivity contribution in [1.29, 1.82) is 0 Å². The van der Waals surface area contributed by atoms with Crippen molar-refractivity contribution in [2.45, 2.75) is 52.1 Å². The Morgan fingerprint density at radius 3 is 2.79 bits per heavy atom. The summed E-state index contributed by atoms with van der Waals surface area (Å²) in [6.45, 7) is 6.39. The predicted octanol–water partition coefficient (Wildman–Crippen LogP) is 2.23. The second-order valence-corrected chi connectivity index (χ2v) is 6.60. The molecule has 1 saturated heterocycles. The van der Waals surface area contributed by atoms with E-state index in [1.165, 1.54) is 25.7 Å². The summed E-state index contributed by atoms with van der Waals surface area (Å²) in [5.74, 6) is 1.75. The van der Waals surface area contributed by atoms with Crippen molar-refractivity contribution in [2.75, 3.05) is 19.6 Å². The van der Waals surface area contributed by atoms with Crippen molar-refractivity contribution in [1.82, 2.24) is 10.2 Å². The second kappa shape index (κ2) is 6.60. The molecule has 2 N–H and O–H groups in total. The number of amides is 2. The summed E-state index contributed by atoms with van der Waals surface area (Å²) in [5.41, 5.74) is 0. The molecule has 0 bridgehead atoms. The number of aliphatic hydroxyl groups excluding tert-OH is 1. The van der Waals surface area contributed by atoms with Gasteiger partial charge in [-0.3, -0.25) is 0 Å². The summed E-state index contributed by atoms with van der Waals surface area (Å²) < 4.78 is 0. The first kappa shape index (κ1) is 14.6. The normalized spacial score (nSPS) is 36.1. The minimum atomic E-state index is -0.366. The molecule has 0 radical (unpaired) electrons. The second-order valence-electron chi connectivity index (χ2n) is 6.60. The first-order valence-electron chi connectivity index (χ1n) is 7.77. The van der Waals surface area contributed by atoms with E-state index in [9.17, 15) is 9.90 Å². The molecule has 1 heterocycles. The summed E-state index contributed by atoms with van der Waals surface area (Å²) >= 11 is 0. The number of nitrogens with zero attached hydrogens (tertiary/aromatic N) is 1. The maximum atomic E-state index is 12.1. The lowest BCUT2D eigenvalue weighted by atomic mass is 9.82. The average Bonchev–Trinajstić information content (AvgIpc) is 2.39. The molecule has 4 nitrogen and oxygen atoms in total. The van der Waals surface area contributed by atoms with Crippen LogP contribution >= 0.6 is 0 Å². The largest absolute Gasteiger partial charge is 0.391 e. The van der Waals surface area contributed by atoms with Gasteiger partial charge in [-0.15, -0.1) is 0 Å². The van der Waals surface area contributed by atoms with Crippen LogP contribution in [0.3, 0.4) is 0 Å². The van der Waals surface area contributed by atoms with E-state index in [1.807, 2.05) is 6.92 Å². The minimum Gasteiger partial charge on any atom is -0.391 e. The van der Waals surface area contributed by atoms with Crippen LogP contribution in [-0.2, 0) is 0 Å². The lowest BCUT2D eigenvalue weighted by Gasteiger charge is -2.35. The van der Waals surface area contributed by atoms with Gasteiger partial charge in [0.05, 0.1) is 6.10 Å². The van der Waals surface area contributed by atoms with Crippen LogP contribution in [0.1, 0.15) is 46.0 Å². The molecule has 1 saturated carbocycles. The fourth-order valence-corrected chi connectivity index (χ4v) is 3.32. The van der Waals surface area contributed by atoms with Crippen molar-refractivity contribution >= 4 is 6.03 Å². The quantitative estimate of drug-likeness (QED) is 0.807. The fourth-order valence-electron chi connectivity index (χ4n) is 3.32. The highest BCUT2D eigenvalue weighted by atomic mass is 16.3. The van der Waals surface area contributed by atoms with Crippen LogP contribution in [-0.4, -0.2) is 41.8 Å². The number of urea groups is 1. The van der Waals surface area contributed by atoms with E-state index >= 15 is 0 Å². The molecule has 19 heavy (non-hydrogen) atoms. The number of β-amino-alcohol motifs (C(OH)–C–C–N with tert-alkyl or cyclic N) is 1. The third-order valence-electron chi connectivity index (χ3n) is 4.79. The van der Waals surface area contributed by atoms with Gasteiger partial charge in [0, 0.05) is 19.6 Å². The van der Waals surface area contributed by atoms with Gasteiger partial charge in [0.25, 0.3) is 0 Å². The number of aliphatic hydroxyl groups is 1. The van der Waals surface area contributed by atoms with Crippen molar-refractivity contribution in [3.63, 3.8) is 0 Å². The Kier molecular flexibility index (Phi) is 5.08. The van der Waals surface area contributed by atoms with E-state index in [1.54, 1.807) is 4.90 Å². The molecule has 110 valence electrons. The van der Waals surface area contributed by atoms with Crippen molar-refractivity contribution in [3.05, 3.63) is 0 Å². The molecular formula is C15H28N2O2. The van der Waals surface area contributed by atoms with Crippen LogP contribution in [0, 0.1) is 17.8 Å². The molecule has 1 aliphatic carbocycles. The van der Waals surface area contributed by atoms with Gasteiger partial charge in [0.1, 0.15) is 0 Å². The van der Waals surface area contributed by atoms with Crippen LogP contribution in [0.5, 0.6) is 0 Å². The van der Waals surface area contributed by atoms with Crippen molar-refractivity contribution in [3.8, 4) is 0 Å². The fraction of sp³-hybridized carbons (Fsp3) is 0.933. The van der Waals surface area contributed by atoms with Crippen molar-refractivity contribution < 1.29 is 9.90 Å². The number of carbonyl (C=O) groups is 1. The predicted molar refractivity (Wildman–Crippen MR) is 75.9 cm³/mol. The van der Waals surface area contributed by atoms with E-state index in [4.69, 9.17) is 0 Å². The van der Waals surface area contributed by atoms with Gasteiger partial charge in [-0.2, -0.15) is 0 Å². The molecule has 2 fully saturated rings. The molecular weight excluding hydrogens is 240 g/mol. The number of hydrogen-bond donors (Lipinski definition) is 2. The molecule has 2 rings (SSSR count). The van der Waals surface area contributed by atoms with E-state index in [2.05, 4.69) is 12.2 Å². The highest BCUT2D eigenvalue weighted by molar-refractivity contribution is 5.74. The molecule has 2 aliphatic rings. The summed E-state index contributed by atoms with van der Waals surface area (Å²) in [7, 11) is 0. The van der Waals surface area contributed by atoms with Crippen LogP contribution in [0.15, 0.2) is 0 Å². The van der Waals surface area contributed by atoms with Gasteiger partial charge in [-0.05, 0) is 37.0 Å². The first-order valence-corrected chi connectivity index (χ1v) is 7.77. The van der Waals surface area contributed by atoms with E-state index in [0.717, 1.165) is 25.4 Å². The van der Waals surface area contributed by atoms with E-state index in [-0.39, 0.29) is 12.1 Å². The van der Waals surface area contributed by atoms with E-state index in [0.29, 0.717) is 18.4 Å². The van der Waals surface area contributed by atoms with Gasteiger partial charge in [0.2, 0.25) is 0 Å². The van der Waals surface area contributed by atoms with Gasteiger partial charge in [0.15, 0.2) is 0 Å². The maximum absolute atomic E-state index is 12.1. The summed E-state index contributed by atoms with van der Waals surface area (Å²) in [4.78, 5) is 13.8. The van der Waals surface area contributed by atoms with Crippen LogP contribution in [0.25, 0.3) is 0 Å². The molecule has 2 amide bonds. The average molecular weight is 268 g/mol. The molecule has 0 aromatic carbocycles. The lowest BCUT2D eigenvalue weighted by molar-refractivity contribution is 0.0432. The minimum absolute atomic E-state index is 0.00387. The summed E-state index contributed by atoms with van der Waals surface area (Å²) in [5, 5.41) is 12.9. The summed E-state index contributed by atoms with van der Waals surface area (Å²) in [6.07, 6.45) is 5.64. The van der Waals surface area contributed by atoms with Crippen LogP contribution in [0.2, 0.25) is 0 Å². The molecule has 0 spiro atoms. The molecule has 1 aliphatic heterocycles. The Hall–Kier alpha value is -0.770. The first-order chi connectivity index (χ1) is 9.06. The molecule has 4 atom stereocenters. The third-order valence-corrected chi connectivity index (χ3v) is 4.79. The Labute approximate surface area is 116 Å². The van der Waals surface area contributed by atoms with Gasteiger partial charge < -0.3 is 15.3 Å². The molecule has 0 aromatic heterocycles. The number of carbonyl (C=O) groups excluding carboxylic acids is 1. The Balaban J connectivity index is 1.72. The monoisotopic (exact) mass is 268 g/mol. The lowest BCUT2D eigenvalue weighted by Crippen LogP contribution is -2.50. The molecule has 4 unspecified atom stereocenters. The number of piperidine rings is 1. The highest BCUT2D eigenvalue weighted by Crippen LogP contribution is 2.28. The SMILES string of the molecule is CC1CCCC(CNC(=O)N2CCC(C)C(O)C2)C1. The number of nitrogens with one attached hydrogen (secondary N) is 1. The zero-order valence-corrected chi connectivity index (χ0v) is 12.3.